The molecule has 6 rings (SSSR count). The van der Waals surface area contributed by atoms with Crippen molar-refractivity contribution in [3.8, 4) is 0 Å². The molecular weight excluding hydrogens is 661 g/mol. The Bertz CT molecular complexity index is 1750. The van der Waals surface area contributed by atoms with Crippen molar-refractivity contribution in [3.05, 3.63) is 252 Å². The minimum atomic E-state index is -0.0114. The van der Waals surface area contributed by atoms with Gasteiger partial charge in [0.1, 0.15) is 0 Å². The van der Waals surface area contributed by atoms with E-state index in [0.717, 1.165) is 33.4 Å². The number of hydrogen-bond donors (Lipinski definition) is 0. The van der Waals surface area contributed by atoms with Gasteiger partial charge in [-0.2, -0.15) is 0 Å². The molecule has 0 aliphatic heterocycles. The lowest BCUT2D eigenvalue weighted by Crippen LogP contribution is -1.84. The van der Waals surface area contributed by atoms with E-state index in [1.807, 2.05) is 218 Å². The molecule has 0 aliphatic carbocycles. The zero-order chi connectivity index (χ0) is 37.9. The van der Waals surface area contributed by atoms with Gasteiger partial charge in [0.25, 0.3) is 0 Å². The first-order chi connectivity index (χ1) is 26.5. The number of rotatable bonds is 12. The van der Waals surface area contributed by atoms with Crippen molar-refractivity contribution >= 4 is 53.8 Å². The molecule has 0 saturated carbocycles. The van der Waals surface area contributed by atoms with Gasteiger partial charge in [-0.15, -0.1) is 0 Å². The molecule has 0 aromatic heterocycles. The Hall–Kier alpha value is -7.23. The van der Waals surface area contributed by atoms with Crippen LogP contribution in [0.4, 0.5) is 0 Å². The zero-order valence-electron chi connectivity index (χ0n) is 30.0. The number of hydrogen-bond acceptors (Lipinski definition) is 3. The smallest absolute Gasteiger partial charge is 0.178 e. The van der Waals surface area contributed by atoms with Crippen LogP contribution >= 0.6 is 0 Å². The number of carbonyl (C=O) groups excluding carboxylic acids is 3. The van der Waals surface area contributed by atoms with Crippen LogP contribution in [0, 0.1) is 0 Å². The average molecular weight is 703 g/mol. The quantitative estimate of drug-likeness (QED) is 0.119. The second-order valence-electron chi connectivity index (χ2n) is 11.7. The molecule has 264 valence electrons. The second-order valence-corrected chi connectivity index (χ2v) is 11.7. The molecule has 0 spiro atoms. The molecule has 3 nitrogen and oxygen atoms in total. The van der Waals surface area contributed by atoms with Crippen LogP contribution in [0.5, 0.6) is 0 Å². The molecule has 3 heteroatoms. The van der Waals surface area contributed by atoms with Crippen molar-refractivity contribution < 1.29 is 14.4 Å². The minimum absolute atomic E-state index is 0.0114. The van der Waals surface area contributed by atoms with E-state index in [2.05, 4.69) is 0 Å². The van der Waals surface area contributed by atoms with E-state index in [0.29, 0.717) is 0 Å². The summed E-state index contributed by atoms with van der Waals surface area (Å²) < 4.78 is 0. The van der Waals surface area contributed by atoms with Crippen LogP contribution < -0.4 is 0 Å². The second kappa shape index (κ2) is 24.0. The van der Waals surface area contributed by atoms with Crippen molar-refractivity contribution in [1.29, 1.82) is 0 Å². The summed E-state index contributed by atoms with van der Waals surface area (Å²) in [6.07, 6.45) is 20.4. The Kier molecular flexibility index (Phi) is 17.6. The summed E-state index contributed by atoms with van der Waals surface area (Å²) in [5.41, 5.74) is 6.16. The molecule has 0 aliphatic rings. The molecule has 0 saturated heterocycles. The van der Waals surface area contributed by atoms with Crippen LogP contribution in [-0.4, -0.2) is 17.3 Å². The van der Waals surface area contributed by atoms with Gasteiger partial charge in [-0.1, -0.05) is 218 Å². The SMILES string of the molecule is O=C(/C=C/c1ccccc1)/C=C/c1ccccc1.O=C(/C=C/c1ccccc1)/C=C/c1ccccc1.O=C(/C=C/c1ccccc1)/C=C/c1ccccc1. The highest BCUT2D eigenvalue weighted by Gasteiger charge is 1.93. The third kappa shape index (κ3) is 17.1. The maximum absolute atomic E-state index is 11.6. The maximum atomic E-state index is 11.6. The highest BCUT2D eigenvalue weighted by molar-refractivity contribution is 6.05. The van der Waals surface area contributed by atoms with Crippen molar-refractivity contribution in [1.82, 2.24) is 0 Å². The van der Waals surface area contributed by atoms with Crippen LogP contribution in [-0.2, 0) is 14.4 Å². The lowest BCUT2D eigenvalue weighted by Gasteiger charge is -1.91. The Morgan fingerprint density at radius 3 is 0.481 bits per heavy atom. The van der Waals surface area contributed by atoms with Gasteiger partial charge >= 0.3 is 0 Å². The van der Waals surface area contributed by atoms with Crippen molar-refractivity contribution in [2.45, 2.75) is 0 Å². The van der Waals surface area contributed by atoms with E-state index in [1.54, 1.807) is 36.5 Å². The number of allylic oxidation sites excluding steroid dienone is 6. The molecule has 0 bridgehead atoms. The van der Waals surface area contributed by atoms with E-state index in [9.17, 15) is 14.4 Å². The summed E-state index contributed by atoms with van der Waals surface area (Å²) in [6, 6.07) is 58.7. The number of benzene rings is 6. The third-order valence-electron chi connectivity index (χ3n) is 7.44. The van der Waals surface area contributed by atoms with Gasteiger partial charge < -0.3 is 0 Å². The van der Waals surface area contributed by atoms with Crippen molar-refractivity contribution in [2.24, 2.45) is 0 Å². The standard InChI is InChI=1S/3C17H14O/c3*18-17(13-11-15-7-3-1-4-8-15)14-12-16-9-5-2-6-10-16/h3*1-14H/b3*13-11+,14-12+. The van der Waals surface area contributed by atoms with Gasteiger partial charge in [0.15, 0.2) is 17.3 Å². The molecule has 6 aromatic rings. The Labute approximate surface area is 319 Å². The first-order valence-corrected chi connectivity index (χ1v) is 17.5. The van der Waals surface area contributed by atoms with Crippen LogP contribution in [0.2, 0.25) is 0 Å². The summed E-state index contributed by atoms with van der Waals surface area (Å²) >= 11 is 0. The van der Waals surface area contributed by atoms with Crippen LogP contribution in [0.25, 0.3) is 36.5 Å². The lowest BCUT2D eigenvalue weighted by molar-refractivity contribution is -0.111. The molecule has 0 heterocycles. The first-order valence-electron chi connectivity index (χ1n) is 17.5. The van der Waals surface area contributed by atoms with Crippen molar-refractivity contribution in [3.63, 3.8) is 0 Å². The fourth-order valence-corrected chi connectivity index (χ4v) is 4.62. The van der Waals surface area contributed by atoms with E-state index in [-0.39, 0.29) is 17.3 Å². The van der Waals surface area contributed by atoms with Gasteiger partial charge in [-0.05, 0) is 69.8 Å². The molecule has 6 aromatic carbocycles. The summed E-state index contributed by atoms with van der Waals surface area (Å²) in [5.74, 6) is -0.0341. The van der Waals surface area contributed by atoms with E-state index < -0.39 is 0 Å². The third-order valence-corrected chi connectivity index (χ3v) is 7.44. The molecule has 0 radical (unpaired) electrons. The summed E-state index contributed by atoms with van der Waals surface area (Å²) in [6.45, 7) is 0. The van der Waals surface area contributed by atoms with Crippen LogP contribution in [0.1, 0.15) is 33.4 Å². The van der Waals surface area contributed by atoms with Crippen molar-refractivity contribution in [2.75, 3.05) is 0 Å². The summed E-state index contributed by atoms with van der Waals surface area (Å²) in [7, 11) is 0. The molecule has 0 unspecified atom stereocenters. The molecule has 0 amide bonds. The first kappa shape index (κ1) is 39.6. The normalized spacial score (nSPS) is 11.1. The predicted octanol–water partition coefficient (Wildman–Crippen LogP) is 11.9. The van der Waals surface area contributed by atoms with Gasteiger partial charge in [-0.3, -0.25) is 14.4 Å². The van der Waals surface area contributed by atoms with Crippen LogP contribution in [0.15, 0.2) is 218 Å². The molecule has 0 fully saturated rings. The fourth-order valence-electron chi connectivity index (χ4n) is 4.62. The highest BCUT2D eigenvalue weighted by Crippen LogP contribution is 2.06. The zero-order valence-corrected chi connectivity index (χ0v) is 30.0. The lowest BCUT2D eigenvalue weighted by atomic mass is 10.1. The molecule has 0 N–H and O–H groups in total. The summed E-state index contributed by atoms with van der Waals surface area (Å²) in [4.78, 5) is 34.8. The van der Waals surface area contributed by atoms with Gasteiger partial charge in [0, 0.05) is 0 Å². The fraction of sp³-hybridized carbons (Fsp3) is 0. The molecule has 0 atom stereocenters. The number of ketones is 3. The van der Waals surface area contributed by atoms with E-state index >= 15 is 0 Å². The molecular formula is C51H42O3. The Morgan fingerprint density at radius 1 is 0.222 bits per heavy atom. The van der Waals surface area contributed by atoms with E-state index in [1.165, 1.54) is 0 Å². The Morgan fingerprint density at radius 2 is 0.352 bits per heavy atom. The number of carbonyl (C=O) groups is 3. The average Bonchev–Trinajstić information content (AvgIpc) is 3.24. The minimum Gasteiger partial charge on any atom is -0.290 e. The largest absolute Gasteiger partial charge is 0.290 e. The van der Waals surface area contributed by atoms with Gasteiger partial charge in [0.05, 0.1) is 0 Å². The predicted molar refractivity (Wildman–Crippen MR) is 228 cm³/mol. The van der Waals surface area contributed by atoms with Gasteiger partial charge in [-0.25, -0.2) is 0 Å². The van der Waals surface area contributed by atoms with E-state index in [4.69, 9.17) is 0 Å². The topological polar surface area (TPSA) is 51.2 Å². The molecule has 54 heavy (non-hydrogen) atoms. The van der Waals surface area contributed by atoms with Gasteiger partial charge in [0.2, 0.25) is 0 Å². The monoisotopic (exact) mass is 702 g/mol. The Balaban J connectivity index is 0.000000180. The highest BCUT2D eigenvalue weighted by atomic mass is 16.1. The van der Waals surface area contributed by atoms with Crippen LogP contribution in [0.3, 0.4) is 0 Å². The maximum Gasteiger partial charge on any atom is 0.178 e. The summed E-state index contributed by atoms with van der Waals surface area (Å²) in [5, 5.41) is 0.